The summed E-state index contributed by atoms with van der Waals surface area (Å²) in [5, 5.41) is 2.96. The molecule has 1 N–H and O–H groups in total. The third-order valence-corrected chi connectivity index (χ3v) is 6.15. The van der Waals surface area contributed by atoms with E-state index in [1.54, 1.807) is 0 Å². The highest BCUT2D eigenvalue weighted by molar-refractivity contribution is 5.91. The van der Waals surface area contributed by atoms with Gasteiger partial charge in [0.2, 0.25) is 11.8 Å². The number of nitrogens with zero attached hydrogens (tertiary/aromatic N) is 1. The predicted molar refractivity (Wildman–Crippen MR) is 111 cm³/mol. The molecular formula is C23H30N2O4. The summed E-state index contributed by atoms with van der Waals surface area (Å²) < 4.78 is 11.1. The summed E-state index contributed by atoms with van der Waals surface area (Å²) in [6.45, 7) is 2.74. The van der Waals surface area contributed by atoms with Gasteiger partial charge in [0, 0.05) is 37.2 Å². The second-order valence-corrected chi connectivity index (χ2v) is 8.20. The Hall–Kier alpha value is -2.50. The number of allylic oxidation sites excluding steroid dienone is 2. The molecule has 0 unspecified atom stereocenters. The normalized spacial score (nSPS) is 21.7. The SMILES string of the molecule is O=C(CCC1CCN(C(=O)[C@@H]2CC=CCC2)CC1)Nc1ccc2c(c1)OCCO2. The standard InChI is InChI=1S/C23H30N2O4/c26-22(24-19-7-8-20-21(16-19)29-15-14-28-20)9-6-17-10-12-25(13-11-17)23(27)18-4-2-1-3-5-18/h1-2,7-8,16-18H,3-6,9-15H2,(H,24,26)/t18-/m1/s1. The van der Waals surface area contributed by atoms with Crippen LogP contribution in [-0.2, 0) is 9.59 Å². The second-order valence-electron chi connectivity index (χ2n) is 8.20. The zero-order valence-electron chi connectivity index (χ0n) is 16.9. The Morgan fingerprint density at radius 2 is 1.83 bits per heavy atom. The fraction of sp³-hybridized carbons (Fsp3) is 0.565. The lowest BCUT2D eigenvalue weighted by atomic mass is 9.89. The van der Waals surface area contributed by atoms with Crippen molar-refractivity contribution in [3.05, 3.63) is 30.4 Å². The molecule has 29 heavy (non-hydrogen) atoms. The number of nitrogens with one attached hydrogen (secondary N) is 1. The zero-order chi connectivity index (χ0) is 20.1. The van der Waals surface area contributed by atoms with Gasteiger partial charge in [-0.1, -0.05) is 12.2 Å². The highest BCUT2D eigenvalue weighted by Gasteiger charge is 2.28. The van der Waals surface area contributed by atoms with Gasteiger partial charge in [-0.2, -0.15) is 0 Å². The number of carbonyl (C=O) groups excluding carboxylic acids is 2. The van der Waals surface area contributed by atoms with Crippen molar-refractivity contribution < 1.29 is 19.1 Å². The van der Waals surface area contributed by atoms with E-state index in [2.05, 4.69) is 17.5 Å². The van der Waals surface area contributed by atoms with E-state index in [1.165, 1.54) is 0 Å². The molecule has 0 saturated carbocycles. The number of likely N-dealkylation sites (tertiary alicyclic amines) is 1. The van der Waals surface area contributed by atoms with Crippen LogP contribution in [0.3, 0.4) is 0 Å². The van der Waals surface area contributed by atoms with Crippen LogP contribution >= 0.6 is 0 Å². The quantitative estimate of drug-likeness (QED) is 0.767. The number of benzene rings is 1. The lowest BCUT2D eigenvalue weighted by Gasteiger charge is -2.34. The van der Waals surface area contributed by atoms with E-state index in [-0.39, 0.29) is 11.8 Å². The van der Waals surface area contributed by atoms with Gasteiger partial charge in [-0.05, 0) is 56.6 Å². The molecule has 6 heteroatoms. The van der Waals surface area contributed by atoms with Crippen LogP contribution in [0, 0.1) is 11.8 Å². The lowest BCUT2D eigenvalue weighted by Crippen LogP contribution is -2.42. The average Bonchev–Trinajstić information content (AvgIpc) is 2.78. The molecule has 1 aliphatic carbocycles. The Morgan fingerprint density at radius 1 is 1.03 bits per heavy atom. The smallest absolute Gasteiger partial charge is 0.226 e. The van der Waals surface area contributed by atoms with Crippen molar-refractivity contribution in [2.24, 2.45) is 11.8 Å². The van der Waals surface area contributed by atoms with Gasteiger partial charge in [0.1, 0.15) is 13.2 Å². The van der Waals surface area contributed by atoms with Gasteiger partial charge < -0.3 is 19.7 Å². The molecule has 1 aromatic rings. The number of fused-ring (bicyclic) bond motifs is 1. The topological polar surface area (TPSA) is 67.9 Å². The maximum atomic E-state index is 12.6. The predicted octanol–water partition coefficient (Wildman–Crippen LogP) is 3.77. The van der Waals surface area contributed by atoms with Gasteiger partial charge in [0.15, 0.2) is 11.5 Å². The van der Waals surface area contributed by atoms with Crippen molar-refractivity contribution in [2.75, 3.05) is 31.6 Å². The highest BCUT2D eigenvalue weighted by Crippen LogP contribution is 2.33. The number of hydrogen-bond donors (Lipinski definition) is 1. The molecule has 6 nitrogen and oxygen atoms in total. The Bertz CT molecular complexity index is 768. The largest absolute Gasteiger partial charge is 0.486 e. The van der Waals surface area contributed by atoms with Gasteiger partial charge in [-0.3, -0.25) is 9.59 Å². The fourth-order valence-electron chi connectivity index (χ4n) is 4.40. The van der Waals surface area contributed by atoms with Crippen LogP contribution in [0.4, 0.5) is 5.69 Å². The molecule has 3 aliphatic rings. The Balaban J connectivity index is 1.19. The Morgan fingerprint density at radius 3 is 2.59 bits per heavy atom. The molecule has 0 aromatic heterocycles. The average molecular weight is 399 g/mol. The van der Waals surface area contributed by atoms with E-state index in [9.17, 15) is 9.59 Å². The van der Waals surface area contributed by atoms with Crippen LogP contribution in [0.5, 0.6) is 11.5 Å². The molecule has 0 spiro atoms. The van der Waals surface area contributed by atoms with Crippen LogP contribution in [-0.4, -0.2) is 43.0 Å². The molecule has 2 aliphatic heterocycles. The molecule has 0 radical (unpaired) electrons. The first-order valence-electron chi connectivity index (χ1n) is 10.8. The van der Waals surface area contributed by atoms with Gasteiger partial charge in [-0.25, -0.2) is 0 Å². The Labute approximate surface area is 172 Å². The molecule has 2 heterocycles. The van der Waals surface area contributed by atoms with E-state index in [0.717, 1.165) is 63.1 Å². The van der Waals surface area contributed by atoms with E-state index >= 15 is 0 Å². The second kappa shape index (κ2) is 9.33. The van der Waals surface area contributed by atoms with Crippen LogP contribution in [0.15, 0.2) is 30.4 Å². The van der Waals surface area contributed by atoms with Crippen LogP contribution in [0.1, 0.15) is 44.9 Å². The van der Waals surface area contributed by atoms with Crippen molar-refractivity contribution in [2.45, 2.75) is 44.9 Å². The number of piperidine rings is 1. The van der Waals surface area contributed by atoms with Crippen molar-refractivity contribution in [3.8, 4) is 11.5 Å². The summed E-state index contributed by atoms with van der Waals surface area (Å²) in [4.78, 5) is 27.0. The summed E-state index contributed by atoms with van der Waals surface area (Å²) in [6, 6.07) is 5.49. The Kier molecular flexibility index (Phi) is 6.37. The highest BCUT2D eigenvalue weighted by atomic mass is 16.6. The first-order chi connectivity index (χ1) is 14.2. The number of hydrogen-bond acceptors (Lipinski definition) is 4. The summed E-state index contributed by atoms with van der Waals surface area (Å²) in [5.74, 6) is 2.43. The van der Waals surface area contributed by atoms with E-state index in [1.807, 2.05) is 23.1 Å². The number of anilines is 1. The monoisotopic (exact) mass is 398 g/mol. The van der Waals surface area contributed by atoms with Gasteiger partial charge in [0.05, 0.1) is 0 Å². The molecule has 2 amide bonds. The summed E-state index contributed by atoms with van der Waals surface area (Å²) >= 11 is 0. The van der Waals surface area contributed by atoms with Crippen molar-refractivity contribution in [3.63, 3.8) is 0 Å². The number of rotatable bonds is 5. The van der Waals surface area contributed by atoms with Gasteiger partial charge >= 0.3 is 0 Å². The molecule has 1 saturated heterocycles. The summed E-state index contributed by atoms with van der Waals surface area (Å²) in [7, 11) is 0. The van der Waals surface area contributed by atoms with Crippen LogP contribution in [0.25, 0.3) is 0 Å². The van der Waals surface area contributed by atoms with E-state index < -0.39 is 0 Å². The molecule has 1 fully saturated rings. The van der Waals surface area contributed by atoms with E-state index in [0.29, 0.717) is 37.2 Å². The number of amides is 2. The summed E-state index contributed by atoms with van der Waals surface area (Å²) in [5.41, 5.74) is 0.737. The minimum Gasteiger partial charge on any atom is -0.486 e. The molecule has 1 aromatic carbocycles. The van der Waals surface area contributed by atoms with Crippen molar-refractivity contribution >= 4 is 17.5 Å². The van der Waals surface area contributed by atoms with Gasteiger partial charge in [0.25, 0.3) is 0 Å². The number of carbonyl (C=O) groups is 2. The molecule has 1 atom stereocenters. The molecular weight excluding hydrogens is 368 g/mol. The third-order valence-electron chi connectivity index (χ3n) is 6.15. The molecule has 0 bridgehead atoms. The molecule has 4 rings (SSSR count). The maximum absolute atomic E-state index is 12.6. The number of ether oxygens (including phenoxy) is 2. The first kappa shape index (κ1) is 19.8. The van der Waals surface area contributed by atoms with Crippen LogP contribution in [0.2, 0.25) is 0 Å². The minimum absolute atomic E-state index is 0.0224. The van der Waals surface area contributed by atoms with E-state index in [4.69, 9.17) is 9.47 Å². The molecule has 156 valence electrons. The summed E-state index contributed by atoms with van der Waals surface area (Å²) in [6.07, 6.45) is 10.5. The third kappa shape index (κ3) is 5.11. The fourth-order valence-corrected chi connectivity index (χ4v) is 4.40. The van der Waals surface area contributed by atoms with Crippen LogP contribution < -0.4 is 14.8 Å². The first-order valence-corrected chi connectivity index (χ1v) is 10.8. The van der Waals surface area contributed by atoms with Crippen molar-refractivity contribution in [1.82, 2.24) is 4.90 Å². The van der Waals surface area contributed by atoms with Crippen molar-refractivity contribution in [1.29, 1.82) is 0 Å². The zero-order valence-corrected chi connectivity index (χ0v) is 16.9. The van der Waals surface area contributed by atoms with Gasteiger partial charge in [-0.15, -0.1) is 0 Å². The maximum Gasteiger partial charge on any atom is 0.226 e. The minimum atomic E-state index is 0.0224. The lowest BCUT2D eigenvalue weighted by molar-refractivity contribution is -0.137.